The predicted molar refractivity (Wildman–Crippen MR) is 82.7 cm³/mol. The van der Waals surface area contributed by atoms with Crippen molar-refractivity contribution in [3.05, 3.63) is 73.3 Å². The van der Waals surface area contributed by atoms with Crippen LogP contribution in [0.1, 0.15) is 0 Å². The summed E-state index contributed by atoms with van der Waals surface area (Å²) in [5.74, 6) is 0. The minimum atomic E-state index is 0.648. The fourth-order valence-electron chi connectivity index (χ4n) is 2.53. The van der Waals surface area contributed by atoms with Crippen molar-refractivity contribution in [3.8, 4) is 22.4 Å². The van der Waals surface area contributed by atoms with Crippen molar-refractivity contribution in [1.82, 2.24) is 9.97 Å². The first-order chi connectivity index (χ1) is 10.4. The van der Waals surface area contributed by atoms with E-state index in [0.717, 1.165) is 27.8 Å². The molecule has 0 spiro atoms. The van der Waals surface area contributed by atoms with E-state index in [1.165, 1.54) is 0 Å². The van der Waals surface area contributed by atoms with Gasteiger partial charge in [0, 0.05) is 34.5 Å². The summed E-state index contributed by atoms with van der Waals surface area (Å²) < 4.78 is 5.56. The maximum Gasteiger partial charge on any atom is 0.226 e. The van der Waals surface area contributed by atoms with E-state index in [0.29, 0.717) is 5.71 Å². The van der Waals surface area contributed by atoms with E-state index in [4.69, 9.17) is 4.42 Å². The Morgan fingerprint density at radius 3 is 2.43 bits per heavy atom. The zero-order chi connectivity index (χ0) is 14.1. The second-order valence-electron chi connectivity index (χ2n) is 4.77. The molecule has 0 aliphatic rings. The topological polar surface area (TPSA) is 38.9 Å². The molecular formula is C18H12N2O. The molecule has 1 aromatic carbocycles. The van der Waals surface area contributed by atoms with Crippen LogP contribution in [0.3, 0.4) is 0 Å². The lowest BCUT2D eigenvalue weighted by Crippen LogP contribution is -1.87. The molecule has 3 aromatic heterocycles. The van der Waals surface area contributed by atoms with Gasteiger partial charge in [-0.1, -0.05) is 36.4 Å². The van der Waals surface area contributed by atoms with E-state index in [2.05, 4.69) is 28.2 Å². The van der Waals surface area contributed by atoms with Crippen LogP contribution in [0.15, 0.2) is 77.7 Å². The van der Waals surface area contributed by atoms with Crippen LogP contribution in [-0.2, 0) is 0 Å². The van der Waals surface area contributed by atoms with Crippen LogP contribution < -0.4 is 0 Å². The zero-order valence-corrected chi connectivity index (χ0v) is 11.2. The molecule has 0 atom stereocenters. The molecule has 0 amide bonds. The first-order valence-corrected chi connectivity index (χ1v) is 6.76. The highest BCUT2D eigenvalue weighted by Gasteiger charge is 2.13. The summed E-state index contributed by atoms with van der Waals surface area (Å²) in [7, 11) is 0. The SMILES string of the molecule is c1ccc(-c2ncccc2-c2coc3ncccc23)cc1. The van der Waals surface area contributed by atoms with Gasteiger partial charge in [-0.2, -0.15) is 0 Å². The minimum absolute atomic E-state index is 0.648. The molecule has 3 heterocycles. The molecule has 3 heteroatoms. The van der Waals surface area contributed by atoms with Crippen LogP contribution in [0, 0.1) is 0 Å². The smallest absolute Gasteiger partial charge is 0.226 e. The Morgan fingerprint density at radius 1 is 0.714 bits per heavy atom. The molecule has 0 saturated heterocycles. The molecule has 0 bridgehead atoms. The van der Waals surface area contributed by atoms with E-state index in [1.54, 1.807) is 12.5 Å². The zero-order valence-electron chi connectivity index (χ0n) is 11.2. The van der Waals surface area contributed by atoms with Gasteiger partial charge in [-0.05, 0) is 18.2 Å². The molecule has 100 valence electrons. The first kappa shape index (κ1) is 11.9. The summed E-state index contributed by atoms with van der Waals surface area (Å²) in [5.41, 5.74) is 4.76. The third-order valence-electron chi connectivity index (χ3n) is 3.49. The second-order valence-corrected chi connectivity index (χ2v) is 4.77. The fraction of sp³-hybridized carbons (Fsp3) is 0. The van der Waals surface area contributed by atoms with E-state index >= 15 is 0 Å². The van der Waals surface area contributed by atoms with Crippen molar-refractivity contribution in [3.63, 3.8) is 0 Å². The predicted octanol–water partition coefficient (Wildman–Crippen LogP) is 4.56. The Bertz CT molecular complexity index is 897. The molecule has 0 aliphatic carbocycles. The number of furan rings is 1. The number of aromatic nitrogens is 2. The third-order valence-corrected chi connectivity index (χ3v) is 3.49. The maximum atomic E-state index is 5.56. The van der Waals surface area contributed by atoms with Crippen molar-refractivity contribution in [2.24, 2.45) is 0 Å². The van der Waals surface area contributed by atoms with Gasteiger partial charge in [-0.3, -0.25) is 4.98 Å². The Morgan fingerprint density at radius 2 is 1.52 bits per heavy atom. The number of fused-ring (bicyclic) bond motifs is 1. The largest absolute Gasteiger partial charge is 0.445 e. The van der Waals surface area contributed by atoms with Gasteiger partial charge in [0.15, 0.2) is 0 Å². The molecular weight excluding hydrogens is 260 g/mol. The summed E-state index contributed by atoms with van der Waals surface area (Å²) in [6, 6.07) is 18.1. The standard InChI is InChI=1S/C18H12N2O/c1-2-6-13(7-3-1)17-14(8-4-10-19-17)16-12-21-18-15(16)9-5-11-20-18/h1-12H. The first-order valence-electron chi connectivity index (χ1n) is 6.76. The van der Waals surface area contributed by atoms with Crippen LogP contribution in [-0.4, -0.2) is 9.97 Å². The molecule has 4 aromatic rings. The maximum absolute atomic E-state index is 5.56. The van der Waals surface area contributed by atoms with Gasteiger partial charge in [0.1, 0.15) is 6.26 Å². The van der Waals surface area contributed by atoms with Gasteiger partial charge in [0.25, 0.3) is 0 Å². The summed E-state index contributed by atoms with van der Waals surface area (Å²) in [5, 5.41) is 1.00. The number of hydrogen-bond donors (Lipinski definition) is 0. The van der Waals surface area contributed by atoms with Crippen LogP contribution in [0.25, 0.3) is 33.5 Å². The molecule has 3 nitrogen and oxygen atoms in total. The van der Waals surface area contributed by atoms with Crippen molar-refractivity contribution in [2.75, 3.05) is 0 Å². The van der Waals surface area contributed by atoms with Crippen molar-refractivity contribution >= 4 is 11.1 Å². The molecule has 4 rings (SSSR count). The van der Waals surface area contributed by atoms with Crippen LogP contribution in [0.5, 0.6) is 0 Å². The summed E-state index contributed by atoms with van der Waals surface area (Å²) in [6.45, 7) is 0. The lowest BCUT2D eigenvalue weighted by atomic mass is 10.00. The summed E-state index contributed by atoms with van der Waals surface area (Å²) in [6.07, 6.45) is 5.30. The normalized spacial score (nSPS) is 10.9. The Hall–Kier alpha value is -2.94. The molecule has 0 saturated carbocycles. The van der Waals surface area contributed by atoms with Crippen LogP contribution in [0.4, 0.5) is 0 Å². The Labute approximate surface area is 121 Å². The summed E-state index contributed by atoms with van der Waals surface area (Å²) >= 11 is 0. The van der Waals surface area contributed by atoms with Crippen molar-refractivity contribution < 1.29 is 4.42 Å². The Kier molecular flexibility index (Phi) is 2.75. The molecule has 0 radical (unpaired) electrons. The van der Waals surface area contributed by atoms with Gasteiger partial charge < -0.3 is 4.42 Å². The average molecular weight is 272 g/mol. The van der Waals surface area contributed by atoms with E-state index in [9.17, 15) is 0 Å². The van der Waals surface area contributed by atoms with Gasteiger partial charge in [-0.15, -0.1) is 0 Å². The van der Waals surface area contributed by atoms with Gasteiger partial charge in [0.05, 0.1) is 5.69 Å². The number of nitrogens with zero attached hydrogens (tertiary/aromatic N) is 2. The van der Waals surface area contributed by atoms with E-state index in [-0.39, 0.29) is 0 Å². The third kappa shape index (κ3) is 1.99. The minimum Gasteiger partial charge on any atom is -0.445 e. The highest BCUT2D eigenvalue weighted by atomic mass is 16.3. The number of rotatable bonds is 2. The average Bonchev–Trinajstić information content (AvgIpc) is 3.00. The van der Waals surface area contributed by atoms with E-state index < -0.39 is 0 Å². The highest BCUT2D eigenvalue weighted by Crippen LogP contribution is 2.35. The van der Waals surface area contributed by atoms with Crippen molar-refractivity contribution in [2.45, 2.75) is 0 Å². The monoisotopic (exact) mass is 272 g/mol. The van der Waals surface area contributed by atoms with Gasteiger partial charge in [-0.25, -0.2) is 4.98 Å². The highest BCUT2D eigenvalue weighted by molar-refractivity contribution is 5.96. The molecule has 21 heavy (non-hydrogen) atoms. The second kappa shape index (κ2) is 4.87. The lowest BCUT2D eigenvalue weighted by molar-refractivity contribution is 0.604. The fourth-order valence-corrected chi connectivity index (χ4v) is 2.53. The van der Waals surface area contributed by atoms with Gasteiger partial charge >= 0.3 is 0 Å². The molecule has 0 unspecified atom stereocenters. The van der Waals surface area contributed by atoms with Crippen LogP contribution in [0.2, 0.25) is 0 Å². The number of hydrogen-bond acceptors (Lipinski definition) is 3. The molecule has 0 fully saturated rings. The number of pyridine rings is 2. The summed E-state index contributed by atoms with van der Waals surface area (Å²) in [4.78, 5) is 8.79. The van der Waals surface area contributed by atoms with Crippen LogP contribution >= 0.6 is 0 Å². The lowest BCUT2D eigenvalue weighted by Gasteiger charge is -2.07. The van der Waals surface area contributed by atoms with Crippen molar-refractivity contribution in [1.29, 1.82) is 0 Å². The Balaban J connectivity index is 1.98. The van der Waals surface area contributed by atoms with E-state index in [1.807, 2.05) is 42.6 Å². The molecule has 0 aliphatic heterocycles. The number of benzene rings is 1. The molecule has 0 N–H and O–H groups in total. The quantitative estimate of drug-likeness (QED) is 0.537. The van der Waals surface area contributed by atoms with Gasteiger partial charge in [0.2, 0.25) is 5.71 Å².